The standard InChI is InChI=1S/C22H21N5O3S/c1-25-22(29)27(16-8-3-2-4-9-16)20(23-25)15-7-5-11-26(14-15)21(28)17-13-18(30-24-17)19-10-6-12-31-19/h2-4,6,8-10,12-13,15H,5,7,11,14H2,1H3/t15-/m1/s1. The minimum absolute atomic E-state index is 0.0459. The highest BCUT2D eigenvalue weighted by Gasteiger charge is 2.31. The lowest BCUT2D eigenvalue weighted by Crippen LogP contribution is -2.40. The van der Waals surface area contributed by atoms with Crippen LogP contribution in [0.25, 0.3) is 16.3 Å². The van der Waals surface area contributed by atoms with E-state index >= 15 is 0 Å². The molecule has 0 unspecified atom stereocenters. The Hall–Kier alpha value is -3.46. The number of benzene rings is 1. The molecule has 0 radical (unpaired) electrons. The lowest BCUT2D eigenvalue weighted by molar-refractivity contribution is 0.0693. The van der Waals surface area contributed by atoms with Gasteiger partial charge in [0.15, 0.2) is 11.5 Å². The van der Waals surface area contributed by atoms with Crippen molar-refractivity contribution in [3.8, 4) is 16.3 Å². The fourth-order valence-corrected chi connectivity index (χ4v) is 4.69. The first kappa shape index (κ1) is 19.5. The highest BCUT2D eigenvalue weighted by Crippen LogP contribution is 2.29. The van der Waals surface area contributed by atoms with Crippen molar-refractivity contribution in [2.24, 2.45) is 7.05 Å². The molecule has 0 spiro atoms. The molecule has 0 saturated carbocycles. The van der Waals surface area contributed by atoms with Crippen molar-refractivity contribution < 1.29 is 9.32 Å². The average Bonchev–Trinajstić information content (AvgIpc) is 3.55. The van der Waals surface area contributed by atoms with E-state index in [1.807, 2.05) is 47.8 Å². The second-order valence-electron chi connectivity index (χ2n) is 7.58. The van der Waals surface area contributed by atoms with Gasteiger partial charge in [-0.2, -0.15) is 5.10 Å². The smallest absolute Gasteiger partial charge is 0.350 e. The number of nitrogens with zero attached hydrogens (tertiary/aromatic N) is 5. The fraction of sp³-hybridized carbons (Fsp3) is 0.273. The number of thiophene rings is 1. The summed E-state index contributed by atoms with van der Waals surface area (Å²) in [4.78, 5) is 28.6. The van der Waals surface area contributed by atoms with Crippen LogP contribution in [0.4, 0.5) is 0 Å². The zero-order chi connectivity index (χ0) is 21.4. The van der Waals surface area contributed by atoms with Crippen LogP contribution in [0.5, 0.6) is 0 Å². The van der Waals surface area contributed by atoms with Gasteiger partial charge in [-0.05, 0) is 36.4 Å². The summed E-state index contributed by atoms with van der Waals surface area (Å²) in [7, 11) is 1.65. The molecule has 1 atom stereocenters. The van der Waals surface area contributed by atoms with Crippen molar-refractivity contribution >= 4 is 17.2 Å². The van der Waals surface area contributed by atoms with E-state index in [0.717, 1.165) is 23.4 Å². The van der Waals surface area contributed by atoms with E-state index in [1.165, 1.54) is 16.0 Å². The number of amides is 1. The van der Waals surface area contributed by atoms with Gasteiger partial charge in [0.05, 0.1) is 10.6 Å². The quantitative estimate of drug-likeness (QED) is 0.491. The highest BCUT2D eigenvalue weighted by atomic mass is 32.1. The predicted molar refractivity (Wildman–Crippen MR) is 116 cm³/mol. The lowest BCUT2D eigenvalue weighted by atomic mass is 9.96. The first-order valence-corrected chi connectivity index (χ1v) is 11.0. The topological polar surface area (TPSA) is 86.2 Å². The number of piperidine rings is 1. The molecule has 1 aliphatic rings. The minimum atomic E-state index is -0.193. The molecule has 5 rings (SSSR count). The molecule has 1 aromatic carbocycles. The summed E-state index contributed by atoms with van der Waals surface area (Å²) >= 11 is 1.54. The number of likely N-dealkylation sites (tertiary alicyclic amines) is 1. The van der Waals surface area contributed by atoms with Gasteiger partial charge in [0.2, 0.25) is 0 Å². The Bertz CT molecular complexity index is 1260. The Labute approximate surface area is 182 Å². The first-order valence-electron chi connectivity index (χ1n) is 10.1. The largest absolute Gasteiger partial charge is 0.355 e. The van der Waals surface area contributed by atoms with E-state index < -0.39 is 0 Å². The van der Waals surface area contributed by atoms with Crippen LogP contribution in [0.15, 0.2) is 63.2 Å². The summed E-state index contributed by atoms with van der Waals surface area (Å²) < 4.78 is 8.38. The van der Waals surface area contributed by atoms with E-state index in [1.54, 1.807) is 22.6 Å². The van der Waals surface area contributed by atoms with Crippen LogP contribution in [-0.2, 0) is 7.05 Å². The van der Waals surface area contributed by atoms with Crippen LogP contribution in [0.1, 0.15) is 35.1 Å². The van der Waals surface area contributed by atoms with Gasteiger partial charge in [0.1, 0.15) is 5.82 Å². The Morgan fingerprint density at radius 2 is 2.03 bits per heavy atom. The molecule has 1 amide bonds. The van der Waals surface area contributed by atoms with Gasteiger partial charge in [-0.25, -0.2) is 14.0 Å². The van der Waals surface area contributed by atoms with Crippen LogP contribution in [0, 0.1) is 0 Å². The third kappa shape index (κ3) is 3.61. The molecule has 3 aromatic heterocycles. The number of para-hydroxylation sites is 1. The number of rotatable bonds is 4. The number of hydrogen-bond acceptors (Lipinski definition) is 6. The van der Waals surface area contributed by atoms with Crippen LogP contribution >= 0.6 is 11.3 Å². The number of carbonyl (C=O) groups excluding carboxylic acids is 1. The number of hydrogen-bond donors (Lipinski definition) is 0. The predicted octanol–water partition coefficient (Wildman–Crippen LogP) is 3.31. The van der Waals surface area contributed by atoms with Crippen LogP contribution in [0.2, 0.25) is 0 Å². The molecule has 1 aliphatic heterocycles. The molecule has 1 saturated heterocycles. The van der Waals surface area contributed by atoms with Gasteiger partial charge in [0.25, 0.3) is 5.91 Å². The van der Waals surface area contributed by atoms with E-state index in [4.69, 9.17) is 4.52 Å². The van der Waals surface area contributed by atoms with E-state index in [9.17, 15) is 9.59 Å². The molecule has 0 bridgehead atoms. The first-order chi connectivity index (χ1) is 15.1. The molecule has 158 valence electrons. The van der Waals surface area contributed by atoms with Crippen LogP contribution in [-0.4, -0.2) is 43.4 Å². The van der Waals surface area contributed by atoms with Gasteiger partial charge in [0, 0.05) is 32.1 Å². The highest BCUT2D eigenvalue weighted by molar-refractivity contribution is 7.13. The van der Waals surface area contributed by atoms with Crippen molar-refractivity contribution in [2.75, 3.05) is 13.1 Å². The fourth-order valence-electron chi connectivity index (χ4n) is 4.01. The Morgan fingerprint density at radius 3 is 2.81 bits per heavy atom. The molecule has 8 nitrogen and oxygen atoms in total. The molecule has 4 aromatic rings. The third-order valence-corrected chi connectivity index (χ3v) is 6.42. The third-order valence-electron chi connectivity index (χ3n) is 5.53. The van der Waals surface area contributed by atoms with Crippen molar-refractivity contribution in [1.82, 2.24) is 24.4 Å². The summed E-state index contributed by atoms with van der Waals surface area (Å²) in [5, 5.41) is 10.5. The number of aryl methyl sites for hydroxylation is 1. The molecule has 4 heterocycles. The minimum Gasteiger partial charge on any atom is -0.355 e. The summed E-state index contributed by atoms with van der Waals surface area (Å²) in [6.07, 6.45) is 1.68. The maximum atomic E-state index is 13.1. The maximum Gasteiger partial charge on any atom is 0.350 e. The van der Waals surface area contributed by atoms with Gasteiger partial charge in [-0.15, -0.1) is 11.3 Å². The molecule has 31 heavy (non-hydrogen) atoms. The van der Waals surface area contributed by atoms with Crippen LogP contribution < -0.4 is 5.69 Å². The normalized spacial score (nSPS) is 16.5. The Morgan fingerprint density at radius 1 is 1.19 bits per heavy atom. The second kappa shape index (κ2) is 7.99. The van der Waals surface area contributed by atoms with Crippen LogP contribution in [0.3, 0.4) is 0 Å². The van der Waals surface area contributed by atoms with Crippen molar-refractivity contribution in [3.63, 3.8) is 0 Å². The average molecular weight is 436 g/mol. The Kier molecular flexibility index (Phi) is 5.03. The second-order valence-corrected chi connectivity index (χ2v) is 8.53. The van der Waals surface area contributed by atoms with Gasteiger partial charge >= 0.3 is 5.69 Å². The maximum absolute atomic E-state index is 13.1. The summed E-state index contributed by atoms with van der Waals surface area (Å²) in [6, 6.07) is 15.0. The Balaban J connectivity index is 1.41. The number of aromatic nitrogens is 4. The zero-order valence-electron chi connectivity index (χ0n) is 17.0. The zero-order valence-corrected chi connectivity index (χ0v) is 17.8. The van der Waals surface area contributed by atoms with E-state index in [2.05, 4.69) is 10.3 Å². The molecule has 9 heteroatoms. The summed E-state index contributed by atoms with van der Waals surface area (Å²) in [5.41, 5.74) is 0.878. The van der Waals surface area contributed by atoms with E-state index in [-0.39, 0.29) is 17.5 Å². The van der Waals surface area contributed by atoms with Gasteiger partial charge in [-0.3, -0.25) is 4.79 Å². The SMILES string of the molecule is Cn1nc([C@@H]2CCCN(C(=O)c3cc(-c4cccs4)on3)C2)n(-c2ccccc2)c1=O. The van der Waals surface area contributed by atoms with Crippen molar-refractivity contribution in [3.05, 3.63) is 75.9 Å². The lowest BCUT2D eigenvalue weighted by Gasteiger charge is -2.31. The monoisotopic (exact) mass is 435 g/mol. The molecular formula is C22H21N5O3S. The molecule has 0 aliphatic carbocycles. The van der Waals surface area contributed by atoms with Crippen molar-refractivity contribution in [2.45, 2.75) is 18.8 Å². The van der Waals surface area contributed by atoms with E-state index in [0.29, 0.717) is 30.4 Å². The molecule has 0 N–H and O–H groups in total. The molecular weight excluding hydrogens is 414 g/mol. The summed E-state index contributed by atoms with van der Waals surface area (Å²) in [5.74, 6) is 1.06. The van der Waals surface area contributed by atoms with Gasteiger partial charge < -0.3 is 9.42 Å². The van der Waals surface area contributed by atoms with Gasteiger partial charge in [-0.1, -0.05) is 29.4 Å². The van der Waals surface area contributed by atoms with Crippen molar-refractivity contribution in [1.29, 1.82) is 0 Å². The number of carbonyl (C=O) groups is 1. The summed E-state index contributed by atoms with van der Waals surface area (Å²) in [6.45, 7) is 1.11. The molecule has 1 fully saturated rings.